The summed E-state index contributed by atoms with van der Waals surface area (Å²) in [4.78, 5) is 0. The molecule has 0 aromatic rings. The molecule has 13 heavy (non-hydrogen) atoms. The predicted molar refractivity (Wildman–Crippen MR) is 47.0 cm³/mol. The summed E-state index contributed by atoms with van der Waals surface area (Å²) >= 11 is 0. The number of rotatable bonds is 1. The van der Waals surface area contributed by atoms with E-state index in [4.69, 9.17) is 4.74 Å². The molecule has 1 aliphatic heterocycles. The third kappa shape index (κ3) is 1.86. The van der Waals surface area contributed by atoms with E-state index in [0.29, 0.717) is 12.3 Å². The molecule has 0 amide bonds. The van der Waals surface area contributed by atoms with Crippen LogP contribution in [0.2, 0.25) is 0 Å². The van der Waals surface area contributed by atoms with Gasteiger partial charge < -0.3 is 9.84 Å². The molecule has 0 bridgehead atoms. The van der Waals surface area contributed by atoms with Gasteiger partial charge in [-0.05, 0) is 25.2 Å². The van der Waals surface area contributed by atoms with Crippen molar-refractivity contribution >= 4 is 0 Å². The smallest absolute Gasteiger partial charge is 0.194 e. The van der Waals surface area contributed by atoms with Gasteiger partial charge in [0.15, 0.2) is 5.79 Å². The Bertz CT molecular complexity index is 186. The van der Waals surface area contributed by atoms with E-state index in [0.717, 1.165) is 19.3 Å². The Labute approximate surface area is 78.1 Å². The number of alkyl halides is 1. The fourth-order valence-electron chi connectivity index (χ4n) is 2.51. The van der Waals surface area contributed by atoms with Crippen LogP contribution in [0.4, 0.5) is 4.39 Å². The number of ether oxygens (including phenoxy) is 1. The summed E-state index contributed by atoms with van der Waals surface area (Å²) in [5.41, 5.74) is 0. The van der Waals surface area contributed by atoms with Crippen LogP contribution in [0.25, 0.3) is 0 Å². The van der Waals surface area contributed by atoms with Gasteiger partial charge in [0.25, 0.3) is 0 Å². The van der Waals surface area contributed by atoms with Crippen molar-refractivity contribution in [1.29, 1.82) is 0 Å². The van der Waals surface area contributed by atoms with E-state index in [1.54, 1.807) is 0 Å². The van der Waals surface area contributed by atoms with Crippen LogP contribution >= 0.6 is 0 Å². The van der Waals surface area contributed by atoms with Crippen LogP contribution in [0.15, 0.2) is 0 Å². The summed E-state index contributed by atoms with van der Waals surface area (Å²) in [6, 6.07) is 0. The Morgan fingerprint density at radius 3 is 2.85 bits per heavy atom. The van der Waals surface area contributed by atoms with Gasteiger partial charge in [-0.15, -0.1) is 0 Å². The average Bonchev–Trinajstić information content (AvgIpc) is 2.18. The lowest BCUT2D eigenvalue weighted by molar-refractivity contribution is -0.278. The number of halogens is 1. The van der Waals surface area contributed by atoms with Crippen LogP contribution in [0.3, 0.4) is 0 Å². The van der Waals surface area contributed by atoms with Crippen LogP contribution in [0.1, 0.15) is 38.5 Å². The van der Waals surface area contributed by atoms with Crippen LogP contribution < -0.4 is 0 Å². The highest BCUT2D eigenvalue weighted by Crippen LogP contribution is 2.39. The Kier molecular flexibility index (Phi) is 2.56. The summed E-state index contributed by atoms with van der Waals surface area (Å²) in [5, 5.41) is 9.62. The van der Waals surface area contributed by atoms with E-state index in [1.165, 1.54) is 12.8 Å². The topological polar surface area (TPSA) is 29.5 Å². The molecule has 1 aliphatic carbocycles. The Morgan fingerprint density at radius 1 is 1.31 bits per heavy atom. The molecule has 3 atom stereocenters. The van der Waals surface area contributed by atoms with Gasteiger partial charge in [-0.25, -0.2) is 4.39 Å². The van der Waals surface area contributed by atoms with Gasteiger partial charge >= 0.3 is 0 Å². The molecule has 0 aromatic carbocycles. The zero-order valence-electron chi connectivity index (χ0n) is 7.84. The monoisotopic (exact) mass is 188 g/mol. The third-order valence-corrected chi connectivity index (χ3v) is 3.32. The molecule has 1 N–H and O–H groups in total. The molecule has 2 aliphatic rings. The Hall–Kier alpha value is -0.150. The highest BCUT2D eigenvalue weighted by Gasteiger charge is 2.41. The average molecular weight is 188 g/mol. The van der Waals surface area contributed by atoms with Gasteiger partial charge in [-0.3, -0.25) is 0 Å². The van der Waals surface area contributed by atoms with Crippen molar-refractivity contribution in [1.82, 2.24) is 0 Å². The standard InChI is InChI=1S/C10H17FO2/c11-7-10(12)6-5-8-3-1-2-4-9(8)13-10/h8-9,12H,1-7H2/t8-,9+,10+/m1/s1. The van der Waals surface area contributed by atoms with Gasteiger partial charge in [-0.2, -0.15) is 0 Å². The zero-order chi connectivity index (χ0) is 9.31. The Balaban J connectivity index is 1.98. The molecule has 0 unspecified atom stereocenters. The van der Waals surface area contributed by atoms with Gasteiger partial charge in [0.1, 0.15) is 6.67 Å². The maximum atomic E-state index is 12.4. The van der Waals surface area contributed by atoms with Crippen LogP contribution in [0.5, 0.6) is 0 Å². The summed E-state index contributed by atoms with van der Waals surface area (Å²) in [7, 11) is 0. The second-order valence-electron chi connectivity index (χ2n) is 4.32. The lowest BCUT2D eigenvalue weighted by Crippen LogP contribution is -2.47. The molecule has 2 fully saturated rings. The quantitative estimate of drug-likeness (QED) is 0.682. The first-order chi connectivity index (χ1) is 6.23. The van der Waals surface area contributed by atoms with E-state index in [1.807, 2.05) is 0 Å². The molecular weight excluding hydrogens is 171 g/mol. The molecule has 1 heterocycles. The lowest BCUT2D eigenvalue weighted by atomic mass is 9.80. The van der Waals surface area contributed by atoms with Gasteiger partial charge in [0.2, 0.25) is 0 Å². The predicted octanol–water partition coefficient (Wildman–Crippen LogP) is 2.01. The van der Waals surface area contributed by atoms with Gasteiger partial charge in [-0.1, -0.05) is 12.8 Å². The molecule has 3 heteroatoms. The number of aliphatic hydroxyl groups is 1. The number of hydrogen-bond acceptors (Lipinski definition) is 2. The zero-order valence-corrected chi connectivity index (χ0v) is 7.84. The van der Waals surface area contributed by atoms with Crippen molar-refractivity contribution in [3.63, 3.8) is 0 Å². The maximum Gasteiger partial charge on any atom is 0.194 e. The molecule has 2 rings (SSSR count). The first kappa shape index (κ1) is 9.41. The summed E-state index contributed by atoms with van der Waals surface area (Å²) in [6.45, 7) is -0.768. The first-order valence-corrected chi connectivity index (χ1v) is 5.20. The highest BCUT2D eigenvalue weighted by molar-refractivity contribution is 4.85. The third-order valence-electron chi connectivity index (χ3n) is 3.32. The molecule has 76 valence electrons. The van der Waals surface area contributed by atoms with E-state index in [-0.39, 0.29) is 6.10 Å². The second-order valence-corrected chi connectivity index (χ2v) is 4.32. The summed E-state index contributed by atoms with van der Waals surface area (Å²) < 4.78 is 17.9. The van der Waals surface area contributed by atoms with Crippen LogP contribution in [0, 0.1) is 5.92 Å². The van der Waals surface area contributed by atoms with Crippen molar-refractivity contribution in [2.24, 2.45) is 5.92 Å². The molecular formula is C10H17FO2. The SMILES string of the molecule is O[C@@]1(CF)CC[C@H]2CCCC[C@@H]2O1. The molecule has 0 aromatic heterocycles. The minimum Gasteiger partial charge on any atom is -0.363 e. The first-order valence-electron chi connectivity index (χ1n) is 5.20. The van der Waals surface area contributed by atoms with E-state index < -0.39 is 12.5 Å². The van der Waals surface area contributed by atoms with Crippen molar-refractivity contribution in [3.8, 4) is 0 Å². The molecule has 0 spiro atoms. The van der Waals surface area contributed by atoms with Crippen molar-refractivity contribution < 1.29 is 14.2 Å². The van der Waals surface area contributed by atoms with Crippen molar-refractivity contribution in [2.75, 3.05) is 6.67 Å². The minimum absolute atomic E-state index is 0.114. The molecule has 1 saturated heterocycles. The van der Waals surface area contributed by atoms with Crippen LogP contribution in [-0.2, 0) is 4.74 Å². The minimum atomic E-state index is -1.46. The fraction of sp³-hybridized carbons (Fsp3) is 1.00. The van der Waals surface area contributed by atoms with E-state index in [9.17, 15) is 9.50 Å². The largest absolute Gasteiger partial charge is 0.363 e. The lowest BCUT2D eigenvalue weighted by Gasteiger charge is -2.42. The van der Waals surface area contributed by atoms with Gasteiger partial charge in [0.05, 0.1) is 6.10 Å². The molecule has 1 saturated carbocycles. The molecule has 2 nitrogen and oxygen atoms in total. The number of fused-ring (bicyclic) bond motifs is 1. The molecule has 0 radical (unpaired) electrons. The van der Waals surface area contributed by atoms with E-state index >= 15 is 0 Å². The highest BCUT2D eigenvalue weighted by atomic mass is 19.1. The van der Waals surface area contributed by atoms with E-state index in [2.05, 4.69) is 0 Å². The van der Waals surface area contributed by atoms with Crippen molar-refractivity contribution in [2.45, 2.75) is 50.4 Å². The Morgan fingerprint density at radius 2 is 2.08 bits per heavy atom. The number of hydrogen-bond donors (Lipinski definition) is 1. The van der Waals surface area contributed by atoms with Gasteiger partial charge in [0, 0.05) is 6.42 Å². The normalized spacial score (nSPS) is 45.7. The second kappa shape index (κ2) is 3.54. The summed E-state index contributed by atoms with van der Waals surface area (Å²) in [5.74, 6) is -0.890. The van der Waals surface area contributed by atoms with Crippen LogP contribution in [-0.4, -0.2) is 23.7 Å². The maximum absolute atomic E-state index is 12.4. The van der Waals surface area contributed by atoms with Crippen molar-refractivity contribution in [3.05, 3.63) is 0 Å². The fourth-order valence-corrected chi connectivity index (χ4v) is 2.51. The summed E-state index contributed by atoms with van der Waals surface area (Å²) in [6.07, 6.45) is 6.10.